The van der Waals surface area contributed by atoms with Crippen molar-refractivity contribution in [2.75, 3.05) is 6.61 Å². The first-order chi connectivity index (χ1) is 8.78. The van der Waals surface area contributed by atoms with Crippen LogP contribution in [0.4, 0.5) is 0 Å². The molecule has 0 N–H and O–H groups in total. The second kappa shape index (κ2) is 7.10. The molecule has 96 valence electrons. The number of hydrogen-bond acceptors (Lipinski definition) is 3. The lowest BCUT2D eigenvalue weighted by molar-refractivity contribution is 0.124. The molecule has 0 radical (unpaired) electrons. The maximum Gasteiger partial charge on any atom is 0.0951 e. The number of rotatable bonds is 6. The standard InChI is InChI=1S/C13H13Cl2NOS/c14-7-12-9-18-13(16-12)5-6-17-8-10-1-3-11(15)4-2-10/h1-4,9H,5-8H2. The van der Waals surface area contributed by atoms with Crippen molar-refractivity contribution < 1.29 is 4.74 Å². The molecule has 0 saturated carbocycles. The lowest BCUT2D eigenvalue weighted by Crippen LogP contribution is -1.99. The highest BCUT2D eigenvalue weighted by atomic mass is 35.5. The minimum atomic E-state index is 0.474. The predicted octanol–water partition coefficient (Wildman–Crippen LogP) is 4.29. The Morgan fingerprint density at radius 1 is 1.22 bits per heavy atom. The van der Waals surface area contributed by atoms with Crippen molar-refractivity contribution in [3.8, 4) is 0 Å². The normalized spacial score (nSPS) is 10.8. The van der Waals surface area contributed by atoms with Gasteiger partial charge in [-0.1, -0.05) is 23.7 Å². The SMILES string of the molecule is ClCc1csc(CCOCc2ccc(Cl)cc2)n1. The van der Waals surface area contributed by atoms with Crippen molar-refractivity contribution >= 4 is 34.5 Å². The fourth-order valence-corrected chi connectivity index (χ4v) is 2.59. The van der Waals surface area contributed by atoms with Gasteiger partial charge in [0.1, 0.15) is 0 Å². The first kappa shape index (κ1) is 13.8. The van der Waals surface area contributed by atoms with Crippen LogP contribution in [0, 0.1) is 0 Å². The third-order valence-corrected chi connectivity index (χ3v) is 3.86. The van der Waals surface area contributed by atoms with Crippen LogP contribution in [-0.2, 0) is 23.6 Å². The minimum absolute atomic E-state index is 0.474. The molecule has 1 heterocycles. The second-order valence-corrected chi connectivity index (χ2v) is 5.44. The van der Waals surface area contributed by atoms with Crippen molar-refractivity contribution in [3.05, 3.63) is 50.9 Å². The molecular weight excluding hydrogens is 289 g/mol. The molecule has 2 nitrogen and oxygen atoms in total. The van der Waals surface area contributed by atoms with E-state index in [0.29, 0.717) is 19.1 Å². The van der Waals surface area contributed by atoms with Crippen LogP contribution in [0.15, 0.2) is 29.6 Å². The summed E-state index contributed by atoms with van der Waals surface area (Å²) in [6.07, 6.45) is 0.829. The van der Waals surface area contributed by atoms with Gasteiger partial charge in [-0.3, -0.25) is 0 Å². The number of ether oxygens (including phenoxy) is 1. The number of benzene rings is 1. The second-order valence-electron chi connectivity index (χ2n) is 3.80. The van der Waals surface area contributed by atoms with Gasteiger partial charge in [-0.2, -0.15) is 0 Å². The third kappa shape index (κ3) is 4.25. The Hall–Kier alpha value is -0.610. The summed E-state index contributed by atoms with van der Waals surface area (Å²) in [6.45, 7) is 1.27. The monoisotopic (exact) mass is 301 g/mol. The van der Waals surface area contributed by atoms with Gasteiger partial charge in [0.05, 0.1) is 29.8 Å². The zero-order chi connectivity index (χ0) is 12.8. The summed E-state index contributed by atoms with van der Waals surface area (Å²) in [4.78, 5) is 4.37. The van der Waals surface area contributed by atoms with Crippen LogP contribution in [-0.4, -0.2) is 11.6 Å². The molecule has 1 aromatic heterocycles. The summed E-state index contributed by atoms with van der Waals surface area (Å²) in [6, 6.07) is 7.68. The minimum Gasteiger partial charge on any atom is -0.376 e. The first-order valence-corrected chi connectivity index (χ1v) is 7.38. The zero-order valence-electron chi connectivity index (χ0n) is 9.73. The van der Waals surface area contributed by atoms with E-state index >= 15 is 0 Å². The van der Waals surface area contributed by atoms with E-state index in [2.05, 4.69) is 4.98 Å². The molecule has 0 amide bonds. The van der Waals surface area contributed by atoms with Crippen molar-refractivity contribution in [1.82, 2.24) is 4.98 Å². The molecule has 2 rings (SSSR count). The Morgan fingerprint density at radius 3 is 2.67 bits per heavy atom. The molecular formula is C13H13Cl2NOS. The van der Waals surface area contributed by atoms with Gasteiger partial charge < -0.3 is 4.74 Å². The fourth-order valence-electron chi connectivity index (χ4n) is 1.46. The van der Waals surface area contributed by atoms with Gasteiger partial charge in [0.25, 0.3) is 0 Å². The quantitative estimate of drug-likeness (QED) is 0.586. The van der Waals surface area contributed by atoms with Crippen LogP contribution in [0.3, 0.4) is 0 Å². The smallest absolute Gasteiger partial charge is 0.0951 e. The van der Waals surface area contributed by atoms with Crippen molar-refractivity contribution in [3.63, 3.8) is 0 Å². The van der Waals surface area contributed by atoms with E-state index in [1.54, 1.807) is 11.3 Å². The topological polar surface area (TPSA) is 22.1 Å². The molecule has 0 spiro atoms. The zero-order valence-corrected chi connectivity index (χ0v) is 12.1. The van der Waals surface area contributed by atoms with Crippen LogP contribution in [0.2, 0.25) is 5.02 Å². The van der Waals surface area contributed by atoms with E-state index in [4.69, 9.17) is 27.9 Å². The maximum absolute atomic E-state index is 5.81. The van der Waals surface area contributed by atoms with E-state index in [1.807, 2.05) is 29.6 Å². The maximum atomic E-state index is 5.81. The molecule has 2 aromatic rings. The Balaban J connectivity index is 1.71. The lowest BCUT2D eigenvalue weighted by Gasteiger charge is -2.03. The van der Waals surface area contributed by atoms with Crippen LogP contribution >= 0.6 is 34.5 Å². The van der Waals surface area contributed by atoms with E-state index in [9.17, 15) is 0 Å². The van der Waals surface area contributed by atoms with Gasteiger partial charge in [0.2, 0.25) is 0 Å². The molecule has 5 heteroatoms. The summed E-state index contributed by atoms with van der Waals surface area (Å²) in [5.74, 6) is 0.474. The van der Waals surface area contributed by atoms with Crippen LogP contribution in [0.25, 0.3) is 0 Å². The molecule has 1 aromatic carbocycles. The highest BCUT2D eigenvalue weighted by Gasteiger charge is 2.01. The third-order valence-electron chi connectivity index (χ3n) is 2.38. The highest BCUT2D eigenvalue weighted by Crippen LogP contribution is 2.13. The van der Waals surface area contributed by atoms with Crippen molar-refractivity contribution in [2.45, 2.75) is 18.9 Å². The van der Waals surface area contributed by atoms with Crippen molar-refractivity contribution in [1.29, 1.82) is 0 Å². The highest BCUT2D eigenvalue weighted by molar-refractivity contribution is 7.09. The van der Waals surface area contributed by atoms with E-state index in [1.165, 1.54) is 0 Å². The van der Waals surface area contributed by atoms with Crippen LogP contribution in [0.1, 0.15) is 16.3 Å². The number of halogens is 2. The van der Waals surface area contributed by atoms with Gasteiger partial charge in [-0.25, -0.2) is 4.98 Å². The molecule has 0 bridgehead atoms. The molecule has 0 aliphatic carbocycles. The molecule has 18 heavy (non-hydrogen) atoms. The van der Waals surface area contributed by atoms with Gasteiger partial charge in [0.15, 0.2) is 0 Å². The van der Waals surface area contributed by atoms with Gasteiger partial charge >= 0.3 is 0 Å². The van der Waals surface area contributed by atoms with Gasteiger partial charge in [0, 0.05) is 16.8 Å². The summed E-state index contributed by atoms with van der Waals surface area (Å²) >= 11 is 13.1. The van der Waals surface area contributed by atoms with Gasteiger partial charge in [-0.15, -0.1) is 22.9 Å². The number of alkyl halides is 1. The number of hydrogen-bond donors (Lipinski definition) is 0. The summed E-state index contributed by atoms with van der Waals surface area (Å²) in [5, 5.41) is 3.80. The molecule has 0 fully saturated rings. The summed E-state index contributed by atoms with van der Waals surface area (Å²) in [5.41, 5.74) is 2.06. The molecule has 0 aliphatic rings. The Morgan fingerprint density at radius 2 is 2.00 bits per heavy atom. The van der Waals surface area contributed by atoms with Gasteiger partial charge in [-0.05, 0) is 17.7 Å². The number of aromatic nitrogens is 1. The average molecular weight is 302 g/mol. The molecule has 0 saturated heterocycles. The first-order valence-electron chi connectivity index (χ1n) is 5.59. The predicted molar refractivity (Wildman–Crippen MR) is 76.5 cm³/mol. The Labute approximate surface area is 121 Å². The largest absolute Gasteiger partial charge is 0.376 e. The van der Waals surface area contributed by atoms with Crippen molar-refractivity contribution in [2.24, 2.45) is 0 Å². The molecule has 0 unspecified atom stereocenters. The van der Waals surface area contributed by atoms with Crippen LogP contribution < -0.4 is 0 Å². The Bertz CT molecular complexity index is 484. The Kier molecular flexibility index (Phi) is 5.45. The van der Waals surface area contributed by atoms with Crippen LogP contribution in [0.5, 0.6) is 0 Å². The number of nitrogens with zero attached hydrogens (tertiary/aromatic N) is 1. The molecule has 0 atom stereocenters. The number of thiazole rings is 1. The fraction of sp³-hybridized carbons (Fsp3) is 0.308. The van der Waals surface area contributed by atoms with E-state index in [-0.39, 0.29) is 0 Å². The lowest BCUT2D eigenvalue weighted by atomic mass is 10.2. The summed E-state index contributed by atoms with van der Waals surface area (Å²) in [7, 11) is 0. The van der Waals surface area contributed by atoms with E-state index in [0.717, 1.165) is 27.7 Å². The van der Waals surface area contributed by atoms with E-state index < -0.39 is 0 Å². The summed E-state index contributed by atoms with van der Waals surface area (Å²) < 4.78 is 5.60. The average Bonchev–Trinajstić information content (AvgIpc) is 2.85. The molecule has 0 aliphatic heterocycles.